The third-order valence-corrected chi connectivity index (χ3v) is 4.79. The first-order valence-corrected chi connectivity index (χ1v) is 8.53. The van der Waals surface area contributed by atoms with Crippen LogP contribution < -0.4 is 0 Å². The van der Waals surface area contributed by atoms with Gasteiger partial charge in [0.25, 0.3) is 0 Å². The Labute approximate surface area is 132 Å². The minimum absolute atomic E-state index is 0.349. The van der Waals surface area contributed by atoms with Gasteiger partial charge in [0.05, 0.1) is 0 Å². The van der Waals surface area contributed by atoms with Crippen LogP contribution in [0.3, 0.4) is 0 Å². The molecule has 0 bridgehead atoms. The van der Waals surface area contributed by atoms with Gasteiger partial charge in [0, 0.05) is 0 Å². The first-order valence-electron chi connectivity index (χ1n) is 8.53. The van der Waals surface area contributed by atoms with Gasteiger partial charge in [-0.3, -0.25) is 0 Å². The van der Waals surface area contributed by atoms with Crippen molar-refractivity contribution in [3.63, 3.8) is 0 Å². The van der Waals surface area contributed by atoms with Crippen molar-refractivity contribution in [1.29, 1.82) is 0 Å². The number of rotatable bonds is 6. The van der Waals surface area contributed by atoms with Crippen LogP contribution in [0, 0.1) is 5.41 Å². The van der Waals surface area contributed by atoms with Crippen LogP contribution in [-0.4, -0.2) is 0 Å². The first-order chi connectivity index (χ1) is 9.86. The van der Waals surface area contributed by atoms with Crippen LogP contribution in [0.1, 0.15) is 80.1 Å². The maximum absolute atomic E-state index is 2.38. The Bertz CT molecular complexity index is 452. The fraction of sp³-hybridized carbons (Fsp3) is 0.619. The van der Waals surface area contributed by atoms with Gasteiger partial charge >= 0.3 is 0 Å². The molecule has 0 saturated heterocycles. The molecular weight excluding hydrogens is 252 g/mol. The Balaban J connectivity index is 2.58. The molecule has 0 radical (unpaired) electrons. The fourth-order valence-electron chi connectivity index (χ4n) is 3.15. The van der Waals surface area contributed by atoms with Crippen molar-refractivity contribution < 1.29 is 0 Å². The molecule has 0 aromatic carbocycles. The van der Waals surface area contributed by atoms with E-state index in [9.17, 15) is 0 Å². The Hall–Kier alpha value is -1.04. The van der Waals surface area contributed by atoms with Crippen LogP contribution in [0.5, 0.6) is 0 Å². The Kier molecular flexibility index (Phi) is 7.22. The highest BCUT2D eigenvalue weighted by molar-refractivity contribution is 5.35. The maximum Gasteiger partial charge on any atom is -0.0104 e. The van der Waals surface area contributed by atoms with Gasteiger partial charge in [-0.1, -0.05) is 54.9 Å². The van der Waals surface area contributed by atoms with E-state index in [0.29, 0.717) is 5.41 Å². The molecule has 118 valence electrons. The lowest BCUT2D eigenvalue weighted by Crippen LogP contribution is -2.19. The van der Waals surface area contributed by atoms with Crippen molar-refractivity contribution in [3.8, 4) is 0 Å². The molecule has 1 rings (SSSR count). The second kappa shape index (κ2) is 8.41. The van der Waals surface area contributed by atoms with Gasteiger partial charge in [0.1, 0.15) is 0 Å². The van der Waals surface area contributed by atoms with E-state index >= 15 is 0 Å². The van der Waals surface area contributed by atoms with Crippen molar-refractivity contribution in [2.45, 2.75) is 80.1 Å². The second-order valence-corrected chi connectivity index (χ2v) is 7.24. The van der Waals surface area contributed by atoms with Crippen molar-refractivity contribution in [1.82, 2.24) is 0 Å². The summed E-state index contributed by atoms with van der Waals surface area (Å²) >= 11 is 0. The smallest absolute Gasteiger partial charge is 0.0104 e. The van der Waals surface area contributed by atoms with Gasteiger partial charge in [-0.25, -0.2) is 0 Å². The summed E-state index contributed by atoms with van der Waals surface area (Å²) in [4.78, 5) is 0. The van der Waals surface area contributed by atoms with Crippen molar-refractivity contribution in [3.05, 3.63) is 46.6 Å². The molecule has 0 N–H and O–H groups in total. The van der Waals surface area contributed by atoms with Crippen LogP contribution in [0.15, 0.2) is 46.6 Å². The van der Waals surface area contributed by atoms with Crippen LogP contribution in [0.25, 0.3) is 0 Å². The molecule has 1 aliphatic carbocycles. The van der Waals surface area contributed by atoms with Gasteiger partial charge in [-0.15, -0.1) is 0 Å². The molecule has 0 saturated carbocycles. The molecular formula is C21H34. The fourth-order valence-corrected chi connectivity index (χ4v) is 3.15. The molecule has 0 aromatic rings. The number of allylic oxidation sites excluding steroid dienone is 8. The van der Waals surface area contributed by atoms with Gasteiger partial charge < -0.3 is 0 Å². The van der Waals surface area contributed by atoms with Gasteiger partial charge in [0.15, 0.2) is 0 Å². The van der Waals surface area contributed by atoms with Crippen LogP contribution in [0.2, 0.25) is 0 Å². The molecule has 1 aliphatic rings. The van der Waals surface area contributed by atoms with Gasteiger partial charge in [-0.05, 0) is 77.2 Å². The topological polar surface area (TPSA) is 0 Å². The third-order valence-electron chi connectivity index (χ3n) is 4.79. The summed E-state index contributed by atoms with van der Waals surface area (Å²) in [6, 6.07) is 0. The summed E-state index contributed by atoms with van der Waals surface area (Å²) in [5.41, 5.74) is 6.39. The van der Waals surface area contributed by atoms with E-state index in [0.717, 1.165) is 0 Å². The van der Waals surface area contributed by atoms with Crippen molar-refractivity contribution >= 4 is 0 Å². The van der Waals surface area contributed by atoms with Crippen LogP contribution >= 0.6 is 0 Å². The number of unbranched alkanes of at least 4 members (excludes halogenated alkanes) is 1. The van der Waals surface area contributed by atoms with Crippen LogP contribution in [0.4, 0.5) is 0 Å². The van der Waals surface area contributed by atoms with Crippen molar-refractivity contribution in [2.24, 2.45) is 5.41 Å². The predicted molar refractivity (Wildman–Crippen MR) is 96.5 cm³/mol. The highest BCUT2D eigenvalue weighted by Crippen LogP contribution is 2.40. The number of hydrogen-bond acceptors (Lipinski definition) is 0. The minimum Gasteiger partial charge on any atom is -0.0887 e. The monoisotopic (exact) mass is 286 g/mol. The summed E-state index contributed by atoms with van der Waals surface area (Å²) in [7, 11) is 0. The first kappa shape index (κ1) is 18.0. The van der Waals surface area contributed by atoms with E-state index in [-0.39, 0.29) is 0 Å². The van der Waals surface area contributed by atoms with Crippen LogP contribution in [-0.2, 0) is 0 Å². The summed E-state index contributed by atoms with van der Waals surface area (Å²) in [6.45, 7) is 13.6. The van der Waals surface area contributed by atoms with E-state index in [1.54, 1.807) is 11.1 Å². The highest BCUT2D eigenvalue weighted by Gasteiger charge is 2.26. The third kappa shape index (κ3) is 6.08. The predicted octanol–water partition coefficient (Wildman–Crippen LogP) is 7.15. The van der Waals surface area contributed by atoms with E-state index in [1.807, 2.05) is 0 Å². The van der Waals surface area contributed by atoms with E-state index < -0.39 is 0 Å². The van der Waals surface area contributed by atoms with Gasteiger partial charge in [0.2, 0.25) is 0 Å². The molecule has 0 unspecified atom stereocenters. The Morgan fingerprint density at radius 2 is 1.95 bits per heavy atom. The van der Waals surface area contributed by atoms with Crippen molar-refractivity contribution in [2.75, 3.05) is 0 Å². The standard InChI is InChI=1S/C21H34/c1-7-17(2)11-8-9-12-18(3)14-15-20-19(4)13-10-16-21(20,5)6/h7,12,14-15H,8-11,13,16H2,1-6H3. The number of hydrogen-bond donors (Lipinski definition) is 0. The summed E-state index contributed by atoms with van der Waals surface area (Å²) in [5.74, 6) is 0. The second-order valence-electron chi connectivity index (χ2n) is 7.24. The normalized spacial score (nSPS) is 20.5. The molecule has 0 amide bonds. The molecule has 21 heavy (non-hydrogen) atoms. The maximum atomic E-state index is 2.38. The molecule has 0 aromatic heterocycles. The minimum atomic E-state index is 0.349. The SMILES string of the molecule is CC=C(C)CCCC=C(C)C=CC1=C(C)CCCC1(C)C. The lowest BCUT2D eigenvalue weighted by atomic mass is 9.72. The molecule has 0 spiro atoms. The average Bonchev–Trinajstić information content (AvgIpc) is 2.42. The molecule has 0 fully saturated rings. The Morgan fingerprint density at radius 3 is 2.57 bits per heavy atom. The summed E-state index contributed by atoms with van der Waals surface area (Å²) in [5, 5.41) is 0. The average molecular weight is 287 g/mol. The molecule has 0 nitrogen and oxygen atoms in total. The lowest BCUT2D eigenvalue weighted by Gasteiger charge is -2.32. The Morgan fingerprint density at radius 1 is 1.24 bits per heavy atom. The molecule has 0 aliphatic heterocycles. The van der Waals surface area contributed by atoms with E-state index in [2.05, 4.69) is 65.8 Å². The largest absolute Gasteiger partial charge is 0.0887 e. The quantitative estimate of drug-likeness (QED) is 0.276. The lowest BCUT2D eigenvalue weighted by molar-refractivity contribution is 0.377. The van der Waals surface area contributed by atoms with Gasteiger partial charge in [-0.2, -0.15) is 0 Å². The van der Waals surface area contributed by atoms with E-state index in [1.165, 1.54) is 49.7 Å². The van der Waals surface area contributed by atoms with E-state index in [4.69, 9.17) is 0 Å². The molecule has 0 atom stereocenters. The zero-order valence-corrected chi connectivity index (χ0v) is 15.1. The molecule has 0 heterocycles. The zero-order valence-electron chi connectivity index (χ0n) is 15.1. The zero-order chi connectivity index (χ0) is 15.9. The highest BCUT2D eigenvalue weighted by atomic mass is 14.3. The summed E-state index contributed by atoms with van der Waals surface area (Å²) in [6.07, 6.45) is 16.9. The summed E-state index contributed by atoms with van der Waals surface area (Å²) < 4.78 is 0. The molecule has 0 heteroatoms.